The molecule has 210 valence electrons. The monoisotopic (exact) mass is 576 g/mol. The first kappa shape index (κ1) is 27.8. The van der Waals surface area contributed by atoms with E-state index < -0.39 is 60.4 Å². The number of urea groups is 1. The molecule has 0 saturated carbocycles. The van der Waals surface area contributed by atoms with Gasteiger partial charge in [0, 0.05) is 30.6 Å². The lowest BCUT2D eigenvalue weighted by Crippen LogP contribution is -2.37. The molecular weight excluding hydrogens is 556 g/mol. The maximum Gasteiger partial charge on any atom is 0.414 e. The second kappa shape index (κ2) is 11.7. The summed E-state index contributed by atoms with van der Waals surface area (Å²) in [5, 5.41) is 15.4. The van der Waals surface area contributed by atoms with Gasteiger partial charge in [0.2, 0.25) is 0 Å². The number of alkyl halides is 2. The maximum atomic E-state index is 15.1. The van der Waals surface area contributed by atoms with Gasteiger partial charge < -0.3 is 20.1 Å². The number of anilines is 3. The normalized spacial score (nSPS) is 17.7. The number of rotatable bonds is 7. The number of cyclic esters (lactones) is 1. The van der Waals surface area contributed by atoms with Crippen molar-refractivity contribution in [3.05, 3.63) is 34.8 Å². The van der Waals surface area contributed by atoms with Crippen LogP contribution in [0.5, 0.6) is 0 Å². The number of ether oxygens (including phenoxy) is 1. The van der Waals surface area contributed by atoms with Crippen molar-refractivity contribution >= 4 is 51.8 Å². The average molecular weight is 576 g/mol. The summed E-state index contributed by atoms with van der Waals surface area (Å²) in [6, 6.07) is 1.04. The number of thiazole rings is 1. The van der Waals surface area contributed by atoms with Crippen LogP contribution in [0, 0.1) is 11.6 Å². The third kappa shape index (κ3) is 6.45. The number of hydroxylamine groups is 2. The van der Waals surface area contributed by atoms with Gasteiger partial charge in [-0.1, -0.05) is 0 Å². The van der Waals surface area contributed by atoms with Crippen molar-refractivity contribution in [3.63, 3.8) is 0 Å². The Balaban J connectivity index is 1.38. The van der Waals surface area contributed by atoms with Gasteiger partial charge in [-0.25, -0.2) is 33.2 Å². The van der Waals surface area contributed by atoms with Crippen molar-refractivity contribution in [2.75, 3.05) is 54.4 Å². The average Bonchev–Trinajstić information content (AvgIpc) is 3.41. The van der Waals surface area contributed by atoms with Gasteiger partial charge in [-0.05, 0) is 0 Å². The lowest BCUT2D eigenvalue weighted by atomic mass is 10.2. The Kier molecular flexibility index (Phi) is 8.34. The Morgan fingerprint density at radius 3 is 2.54 bits per heavy atom. The number of aromatic carboxylic acids is 1. The number of nitrogens with one attached hydrogen (secondary N) is 2. The fourth-order valence-electron chi connectivity index (χ4n) is 3.76. The summed E-state index contributed by atoms with van der Waals surface area (Å²) >= 11 is 0.893. The van der Waals surface area contributed by atoms with Crippen LogP contribution in [0.15, 0.2) is 17.5 Å². The predicted octanol–water partition coefficient (Wildman–Crippen LogP) is 2.11. The van der Waals surface area contributed by atoms with E-state index in [1.807, 2.05) is 5.32 Å². The van der Waals surface area contributed by atoms with Crippen LogP contribution in [0.25, 0.3) is 0 Å². The third-order valence-electron chi connectivity index (χ3n) is 5.55. The topological polar surface area (TPSA) is 154 Å². The Morgan fingerprint density at radius 1 is 1.18 bits per heavy atom. The van der Waals surface area contributed by atoms with Crippen molar-refractivity contribution in [1.29, 1.82) is 0 Å². The van der Waals surface area contributed by atoms with Gasteiger partial charge in [-0.2, -0.15) is 8.78 Å². The van der Waals surface area contributed by atoms with Gasteiger partial charge in [0.25, 0.3) is 5.91 Å². The highest BCUT2D eigenvalue weighted by molar-refractivity contribution is 7.14. The highest BCUT2D eigenvalue weighted by Gasteiger charge is 2.34. The van der Waals surface area contributed by atoms with Crippen molar-refractivity contribution in [2.45, 2.75) is 12.5 Å². The molecule has 2 aromatic rings. The van der Waals surface area contributed by atoms with Crippen molar-refractivity contribution in [3.8, 4) is 0 Å². The molecule has 2 aliphatic rings. The van der Waals surface area contributed by atoms with Crippen LogP contribution in [0.3, 0.4) is 0 Å². The molecule has 4 amide bonds. The smallest absolute Gasteiger partial charge is 0.414 e. The van der Waals surface area contributed by atoms with E-state index in [1.165, 1.54) is 10.3 Å². The van der Waals surface area contributed by atoms with Crippen LogP contribution in [0.2, 0.25) is 0 Å². The van der Waals surface area contributed by atoms with E-state index in [0.717, 1.165) is 33.4 Å². The van der Waals surface area contributed by atoms with Crippen molar-refractivity contribution < 1.29 is 51.4 Å². The number of aromatic nitrogens is 1. The third-order valence-corrected chi connectivity index (χ3v) is 6.31. The molecule has 3 heterocycles. The Labute approximate surface area is 220 Å². The molecule has 1 atom stereocenters. The largest absolute Gasteiger partial charge is 0.476 e. The molecule has 39 heavy (non-hydrogen) atoms. The van der Waals surface area contributed by atoms with E-state index in [1.54, 1.807) is 0 Å². The number of amides is 4. The molecule has 13 nitrogen and oxygen atoms in total. The molecule has 18 heteroatoms. The summed E-state index contributed by atoms with van der Waals surface area (Å²) in [5.41, 5.74) is -0.856. The Hall–Kier alpha value is -4.19. The summed E-state index contributed by atoms with van der Waals surface area (Å²) < 4.78 is 59.8. The minimum atomic E-state index is -3.25. The lowest BCUT2D eigenvalue weighted by molar-refractivity contribution is -0.132. The SMILES string of the molecule is O=C(O)c1csc(NC(=O)N2CCN(c3c(F)cc(N4C[C@H](CNC(=O)C(F)F)OC4=O)cc3F)CCO2)n1. The standard InChI is InChI=1S/C21H20F4N6O7S/c22-12-5-10(30-8-11(38-21(30)36)7-26-17(32)16(24)25)6-13(23)15(12)29-1-2-31(37-4-3-29)20(35)28-19-27-14(9-39-19)18(33)34/h5-6,9,11,16H,1-4,7-8H2,(H,26,32)(H,33,34)(H,27,28,35)/t11-/m0/s1. The first-order valence-electron chi connectivity index (χ1n) is 11.2. The number of halogens is 4. The molecule has 1 aromatic heterocycles. The number of carboxylic acids is 1. The van der Waals surface area contributed by atoms with Crippen LogP contribution < -0.4 is 20.4 Å². The molecule has 2 saturated heterocycles. The number of hydrogen-bond donors (Lipinski definition) is 3. The zero-order valence-corrected chi connectivity index (χ0v) is 20.6. The quantitative estimate of drug-likeness (QED) is 0.421. The molecule has 1 aromatic carbocycles. The van der Waals surface area contributed by atoms with E-state index in [-0.39, 0.29) is 49.3 Å². The molecule has 0 radical (unpaired) electrons. The molecule has 0 unspecified atom stereocenters. The molecule has 0 spiro atoms. The summed E-state index contributed by atoms with van der Waals surface area (Å²) in [6.07, 6.45) is -5.23. The molecule has 4 rings (SSSR count). The fourth-order valence-corrected chi connectivity index (χ4v) is 4.43. The minimum Gasteiger partial charge on any atom is -0.476 e. The number of carboxylic acid groups (broad SMARTS) is 1. The molecule has 3 N–H and O–H groups in total. The van der Waals surface area contributed by atoms with Gasteiger partial charge in [0.15, 0.2) is 22.5 Å². The van der Waals surface area contributed by atoms with Gasteiger partial charge in [0.05, 0.1) is 31.9 Å². The molecule has 0 bridgehead atoms. The second-order valence-electron chi connectivity index (χ2n) is 8.12. The van der Waals surface area contributed by atoms with Gasteiger partial charge in [-0.15, -0.1) is 11.3 Å². The zero-order valence-electron chi connectivity index (χ0n) is 19.7. The van der Waals surface area contributed by atoms with E-state index in [9.17, 15) is 28.0 Å². The van der Waals surface area contributed by atoms with Crippen LogP contribution in [-0.2, 0) is 14.4 Å². The molecule has 2 aliphatic heterocycles. The number of hydrogen-bond acceptors (Lipinski definition) is 9. The van der Waals surface area contributed by atoms with E-state index in [0.29, 0.717) is 0 Å². The van der Waals surface area contributed by atoms with E-state index in [2.05, 4.69) is 10.3 Å². The van der Waals surface area contributed by atoms with Gasteiger partial charge in [-0.3, -0.25) is 19.8 Å². The van der Waals surface area contributed by atoms with Crippen LogP contribution in [0.1, 0.15) is 10.5 Å². The summed E-state index contributed by atoms with van der Waals surface area (Å²) in [6.45, 7) is -0.943. The highest BCUT2D eigenvalue weighted by Crippen LogP contribution is 2.31. The van der Waals surface area contributed by atoms with E-state index in [4.69, 9.17) is 14.7 Å². The summed E-state index contributed by atoms with van der Waals surface area (Å²) in [5.74, 6) is -4.84. The number of nitrogens with zero attached hydrogens (tertiary/aromatic N) is 4. The van der Waals surface area contributed by atoms with Crippen LogP contribution >= 0.6 is 11.3 Å². The van der Waals surface area contributed by atoms with Crippen LogP contribution in [0.4, 0.5) is 43.7 Å². The lowest BCUT2D eigenvalue weighted by Gasteiger charge is -2.24. The number of carbonyl (C=O) groups is 4. The summed E-state index contributed by atoms with van der Waals surface area (Å²) in [4.78, 5) is 57.9. The first-order chi connectivity index (χ1) is 18.5. The Morgan fingerprint density at radius 2 is 1.90 bits per heavy atom. The molecule has 0 aliphatic carbocycles. The summed E-state index contributed by atoms with van der Waals surface area (Å²) in [7, 11) is 0. The zero-order chi connectivity index (χ0) is 28.3. The van der Waals surface area contributed by atoms with Gasteiger partial charge in [0.1, 0.15) is 11.8 Å². The molecular formula is C21H20F4N6O7S. The Bertz CT molecular complexity index is 1260. The van der Waals surface area contributed by atoms with Crippen molar-refractivity contribution in [1.82, 2.24) is 15.4 Å². The maximum absolute atomic E-state index is 15.1. The van der Waals surface area contributed by atoms with E-state index >= 15 is 8.78 Å². The van der Waals surface area contributed by atoms with Crippen molar-refractivity contribution in [2.24, 2.45) is 0 Å². The number of benzene rings is 1. The minimum absolute atomic E-state index is 0.00491. The fraction of sp³-hybridized carbons (Fsp3) is 0.381. The van der Waals surface area contributed by atoms with Gasteiger partial charge >= 0.3 is 24.5 Å². The van der Waals surface area contributed by atoms with Crippen LogP contribution in [-0.4, -0.2) is 91.0 Å². The second-order valence-corrected chi connectivity index (χ2v) is 8.97. The highest BCUT2D eigenvalue weighted by atomic mass is 32.1. The number of carbonyl (C=O) groups excluding carboxylic acids is 3. The molecule has 2 fully saturated rings. The predicted molar refractivity (Wildman–Crippen MR) is 126 cm³/mol. The first-order valence-corrected chi connectivity index (χ1v) is 12.1.